The lowest BCUT2D eigenvalue weighted by Crippen LogP contribution is -2.23. The number of hydrogen-bond donors (Lipinski definition) is 1. The van der Waals surface area contributed by atoms with Gasteiger partial charge in [0.15, 0.2) is 0 Å². The zero-order valence-electron chi connectivity index (χ0n) is 12.8. The molecule has 1 heterocycles. The smallest absolute Gasteiger partial charge is 0.127 e. The van der Waals surface area contributed by atoms with E-state index in [0.29, 0.717) is 12.1 Å². The van der Waals surface area contributed by atoms with Crippen LogP contribution in [-0.2, 0) is 6.54 Å². The van der Waals surface area contributed by atoms with Crippen LogP contribution in [0, 0.1) is 5.82 Å². The molecular formula is C17H22FN3. The summed E-state index contributed by atoms with van der Waals surface area (Å²) in [4.78, 5) is 6.65. The minimum absolute atomic E-state index is 0.00390. The van der Waals surface area contributed by atoms with Gasteiger partial charge >= 0.3 is 0 Å². The third-order valence-electron chi connectivity index (χ3n) is 3.59. The molecule has 3 nitrogen and oxygen atoms in total. The molecule has 0 bridgehead atoms. The first-order valence-corrected chi connectivity index (χ1v) is 7.26. The normalized spacial score (nSPS) is 12.4. The van der Waals surface area contributed by atoms with Crippen molar-refractivity contribution in [3.8, 4) is 0 Å². The van der Waals surface area contributed by atoms with Crippen molar-refractivity contribution in [2.24, 2.45) is 0 Å². The number of nitrogens with zero attached hydrogens (tertiary/aromatic N) is 2. The lowest BCUT2D eigenvalue weighted by atomic mass is 10.1. The molecule has 0 aliphatic rings. The van der Waals surface area contributed by atoms with Crippen LogP contribution in [0.15, 0.2) is 42.5 Å². The van der Waals surface area contributed by atoms with E-state index in [1.807, 2.05) is 51.2 Å². The summed E-state index contributed by atoms with van der Waals surface area (Å²) in [5.41, 5.74) is 1.68. The van der Waals surface area contributed by atoms with Gasteiger partial charge in [-0.15, -0.1) is 0 Å². The van der Waals surface area contributed by atoms with Crippen molar-refractivity contribution in [1.82, 2.24) is 9.88 Å². The van der Waals surface area contributed by atoms with Crippen molar-refractivity contribution in [3.05, 3.63) is 59.5 Å². The molecule has 21 heavy (non-hydrogen) atoms. The predicted octanol–water partition coefficient (Wildman–Crippen LogP) is 3.85. The Labute approximate surface area is 125 Å². The highest BCUT2D eigenvalue weighted by Gasteiger charge is 2.15. The lowest BCUT2D eigenvalue weighted by Gasteiger charge is -2.25. The van der Waals surface area contributed by atoms with Gasteiger partial charge in [0.1, 0.15) is 11.6 Å². The van der Waals surface area contributed by atoms with Gasteiger partial charge in [-0.2, -0.15) is 0 Å². The first-order valence-electron chi connectivity index (χ1n) is 7.26. The number of aromatic nitrogens is 1. The fraction of sp³-hybridized carbons (Fsp3) is 0.353. The van der Waals surface area contributed by atoms with E-state index in [0.717, 1.165) is 18.1 Å². The van der Waals surface area contributed by atoms with Crippen LogP contribution in [0.2, 0.25) is 0 Å². The summed E-state index contributed by atoms with van der Waals surface area (Å²) in [5.74, 6) is 0.716. The Morgan fingerprint density at radius 3 is 2.67 bits per heavy atom. The Balaban J connectivity index is 2.09. The first-order chi connectivity index (χ1) is 10.1. The van der Waals surface area contributed by atoms with E-state index < -0.39 is 0 Å². The van der Waals surface area contributed by atoms with Gasteiger partial charge in [-0.1, -0.05) is 24.3 Å². The molecule has 0 aliphatic heterocycles. The van der Waals surface area contributed by atoms with E-state index in [4.69, 9.17) is 0 Å². The highest BCUT2D eigenvalue weighted by molar-refractivity contribution is 5.35. The second-order valence-electron chi connectivity index (χ2n) is 5.16. The fourth-order valence-corrected chi connectivity index (χ4v) is 2.29. The summed E-state index contributed by atoms with van der Waals surface area (Å²) in [6.45, 7) is 5.57. The molecule has 4 heteroatoms. The van der Waals surface area contributed by atoms with Crippen LogP contribution in [0.5, 0.6) is 0 Å². The molecule has 2 aromatic rings. The van der Waals surface area contributed by atoms with E-state index in [-0.39, 0.29) is 11.9 Å². The zero-order chi connectivity index (χ0) is 15.2. The van der Waals surface area contributed by atoms with Crippen molar-refractivity contribution >= 4 is 5.82 Å². The Hall–Kier alpha value is -1.94. The molecule has 112 valence electrons. The fourth-order valence-electron chi connectivity index (χ4n) is 2.29. The van der Waals surface area contributed by atoms with E-state index in [1.54, 1.807) is 6.07 Å². The predicted molar refractivity (Wildman–Crippen MR) is 84.7 cm³/mol. The summed E-state index contributed by atoms with van der Waals surface area (Å²) in [5, 5.41) is 3.20. The van der Waals surface area contributed by atoms with Gasteiger partial charge < -0.3 is 5.32 Å². The first kappa shape index (κ1) is 15.4. The highest BCUT2D eigenvalue weighted by Crippen LogP contribution is 2.22. The molecule has 1 aromatic heterocycles. The van der Waals surface area contributed by atoms with Crippen molar-refractivity contribution in [2.75, 3.05) is 18.9 Å². The van der Waals surface area contributed by atoms with Gasteiger partial charge in [0, 0.05) is 24.7 Å². The molecule has 1 unspecified atom stereocenters. The second-order valence-corrected chi connectivity index (χ2v) is 5.16. The molecule has 0 spiro atoms. The minimum Gasteiger partial charge on any atom is -0.370 e. The molecule has 0 saturated heterocycles. The third-order valence-corrected chi connectivity index (χ3v) is 3.59. The topological polar surface area (TPSA) is 28.2 Å². The standard InChI is InChI=1S/C17H22FN3/c1-4-19-17-11-7-8-14(20-17)12-21(3)13(2)15-9-5-6-10-16(15)18/h5-11,13H,4,12H2,1-3H3,(H,19,20). The minimum atomic E-state index is -0.161. The van der Waals surface area contributed by atoms with Crippen LogP contribution in [0.3, 0.4) is 0 Å². The maximum atomic E-state index is 13.9. The molecule has 2 rings (SSSR count). The van der Waals surface area contributed by atoms with Gasteiger partial charge in [0.2, 0.25) is 0 Å². The summed E-state index contributed by atoms with van der Waals surface area (Å²) < 4.78 is 13.9. The van der Waals surface area contributed by atoms with Crippen molar-refractivity contribution in [2.45, 2.75) is 26.4 Å². The Bertz CT molecular complexity index is 586. The van der Waals surface area contributed by atoms with Crippen LogP contribution >= 0.6 is 0 Å². The van der Waals surface area contributed by atoms with Crippen LogP contribution < -0.4 is 5.32 Å². The van der Waals surface area contributed by atoms with Crippen LogP contribution in [0.1, 0.15) is 31.1 Å². The number of anilines is 1. The number of benzene rings is 1. The highest BCUT2D eigenvalue weighted by atomic mass is 19.1. The summed E-state index contributed by atoms with van der Waals surface area (Å²) in [6, 6.07) is 12.8. The number of nitrogens with one attached hydrogen (secondary N) is 1. The van der Waals surface area contributed by atoms with Gasteiger partial charge in [-0.25, -0.2) is 9.37 Å². The summed E-state index contributed by atoms with van der Waals surface area (Å²) in [6.07, 6.45) is 0. The van der Waals surface area contributed by atoms with Crippen molar-refractivity contribution in [1.29, 1.82) is 0 Å². The van der Waals surface area contributed by atoms with Crippen LogP contribution in [0.25, 0.3) is 0 Å². The SMILES string of the molecule is CCNc1cccc(CN(C)C(C)c2ccccc2F)n1. The molecule has 1 aromatic carbocycles. The second kappa shape index (κ2) is 7.18. The molecule has 0 radical (unpaired) electrons. The van der Waals surface area contributed by atoms with Crippen LogP contribution in [-0.4, -0.2) is 23.5 Å². The van der Waals surface area contributed by atoms with Crippen LogP contribution in [0.4, 0.5) is 10.2 Å². The molecular weight excluding hydrogens is 265 g/mol. The van der Waals surface area contributed by atoms with Gasteiger partial charge in [-0.05, 0) is 39.1 Å². The van der Waals surface area contributed by atoms with Gasteiger partial charge in [0.25, 0.3) is 0 Å². The number of pyridine rings is 1. The van der Waals surface area contributed by atoms with Crippen molar-refractivity contribution in [3.63, 3.8) is 0 Å². The van der Waals surface area contributed by atoms with E-state index in [1.165, 1.54) is 6.07 Å². The molecule has 0 saturated carbocycles. The quantitative estimate of drug-likeness (QED) is 0.875. The maximum absolute atomic E-state index is 13.9. The summed E-state index contributed by atoms with van der Waals surface area (Å²) >= 11 is 0. The number of halogens is 1. The Morgan fingerprint density at radius 1 is 1.19 bits per heavy atom. The summed E-state index contributed by atoms with van der Waals surface area (Å²) in [7, 11) is 1.98. The molecule has 0 fully saturated rings. The Morgan fingerprint density at radius 2 is 1.95 bits per heavy atom. The zero-order valence-corrected chi connectivity index (χ0v) is 12.8. The largest absolute Gasteiger partial charge is 0.370 e. The molecule has 1 N–H and O–H groups in total. The lowest BCUT2D eigenvalue weighted by molar-refractivity contribution is 0.245. The number of rotatable bonds is 6. The van der Waals surface area contributed by atoms with Gasteiger partial charge in [-0.3, -0.25) is 4.90 Å². The van der Waals surface area contributed by atoms with E-state index >= 15 is 0 Å². The van der Waals surface area contributed by atoms with Gasteiger partial charge in [0.05, 0.1) is 5.69 Å². The van der Waals surface area contributed by atoms with E-state index in [2.05, 4.69) is 15.2 Å². The molecule has 0 amide bonds. The molecule has 1 atom stereocenters. The monoisotopic (exact) mass is 287 g/mol. The Kier molecular flexibility index (Phi) is 5.28. The maximum Gasteiger partial charge on any atom is 0.127 e. The average molecular weight is 287 g/mol. The number of hydrogen-bond acceptors (Lipinski definition) is 3. The molecule has 0 aliphatic carbocycles. The van der Waals surface area contributed by atoms with E-state index in [9.17, 15) is 4.39 Å². The third kappa shape index (κ3) is 4.02. The van der Waals surface area contributed by atoms with Crippen molar-refractivity contribution < 1.29 is 4.39 Å². The average Bonchev–Trinajstić information content (AvgIpc) is 2.48.